The molecule has 0 spiro atoms. The van der Waals surface area contributed by atoms with Crippen molar-refractivity contribution < 1.29 is 18.7 Å². The molecule has 2 amide bonds. The van der Waals surface area contributed by atoms with Gasteiger partial charge in [-0.25, -0.2) is 9.37 Å². The lowest BCUT2D eigenvalue weighted by Gasteiger charge is -2.17. The number of anilines is 2. The molecule has 0 radical (unpaired) electrons. The van der Waals surface area contributed by atoms with E-state index in [0.717, 1.165) is 27.5 Å². The van der Waals surface area contributed by atoms with Gasteiger partial charge >= 0.3 is 0 Å². The van der Waals surface area contributed by atoms with Crippen molar-refractivity contribution in [2.24, 2.45) is 0 Å². The Hall–Kier alpha value is -4.47. The summed E-state index contributed by atoms with van der Waals surface area (Å²) in [6, 6.07) is 29.7. The van der Waals surface area contributed by atoms with E-state index in [0.29, 0.717) is 16.4 Å². The number of aromatic nitrogens is 1. The summed E-state index contributed by atoms with van der Waals surface area (Å²) >= 11 is 2.72. The third kappa shape index (κ3) is 6.74. The zero-order chi connectivity index (χ0) is 27.9. The molecule has 200 valence electrons. The molecule has 6 nitrogen and oxygen atoms in total. The van der Waals surface area contributed by atoms with Crippen LogP contribution in [0.3, 0.4) is 0 Å². The van der Waals surface area contributed by atoms with Crippen LogP contribution in [0.1, 0.15) is 21.2 Å². The van der Waals surface area contributed by atoms with Crippen LogP contribution in [0.15, 0.2) is 113 Å². The minimum absolute atomic E-state index is 0.215. The van der Waals surface area contributed by atoms with Crippen LogP contribution in [0.5, 0.6) is 5.75 Å². The molecule has 0 saturated heterocycles. The fourth-order valence-corrected chi connectivity index (χ4v) is 5.69. The highest BCUT2D eigenvalue weighted by Crippen LogP contribution is 2.38. The van der Waals surface area contributed by atoms with Gasteiger partial charge in [0.1, 0.15) is 16.8 Å². The second-order valence-electron chi connectivity index (χ2n) is 8.65. The van der Waals surface area contributed by atoms with Crippen LogP contribution in [-0.4, -0.2) is 23.9 Å². The SMILES string of the molecule is COc1ccc(-c2csc(NC(=O)C(Sc3cccc(NC(=O)c4ccc(F)cc4)c3)c3ccccc3)n2)cc1. The quantitative estimate of drug-likeness (QED) is 0.178. The highest BCUT2D eigenvalue weighted by atomic mass is 32.2. The van der Waals surface area contributed by atoms with Crippen molar-refractivity contribution in [3.05, 3.63) is 125 Å². The number of amides is 2. The maximum atomic E-state index is 13.5. The third-order valence-corrected chi connectivity index (χ3v) is 7.92. The number of thioether (sulfide) groups is 1. The summed E-state index contributed by atoms with van der Waals surface area (Å²) in [5.74, 6) is -0.215. The van der Waals surface area contributed by atoms with E-state index in [1.54, 1.807) is 19.2 Å². The number of nitrogens with one attached hydrogen (secondary N) is 2. The largest absolute Gasteiger partial charge is 0.497 e. The maximum Gasteiger partial charge on any atom is 0.255 e. The van der Waals surface area contributed by atoms with Gasteiger partial charge in [0.2, 0.25) is 5.91 Å². The second kappa shape index (κ2) is 12.6. The summed E-state index contributed by atoms with van der Waals surface area (Å²) < 4.78 is 18.4. The molecular weight excluding hydrogens is 545 g/mol. The molecule has 1 unspecified atom stereocenters. The first-order valence-corrected chi connectivity index (χ1v) is 14.0. The molecule has 0 aliphatic rings. The maximum absolute atomic E-state index is 13.5. The Balaban J connectivity index is 1.32. The lowest BCUT2D eigenvalue weighted by atomic mass is 10.1. The predicted molar refractivity (Wildman–Crippen MR) is 159 cm³/mol. The van der Waals surface area contributed by atoms with Crippen molar-refractivity contribution >= 4 is 45.7 Å². The van der Waals surface area contributed by atoms with Gasteiger partial charge in [0.15, 0.2) is 5.13 Å². The summed E-state index contributed by atoms with van der Waals surface area (Å²) in [7, 11) is 1.62. The van der Waals surface area contributed by atoms with E-state index in [-0.39, 0.29) is 11.8 Å². The molecule has 9 heteroatoms. The van der Waals surface area contributed by atoms with Gasteiger partial charge in [0, 0.05) is 27.1 Å². The minimum atomic E-state index is -0.572. The van der Waals surface area contributed by atoms with Gasteiger partial charge in [-0.05, 0) is 72.3 Å². The molecule has 1 aromatic heterocycles. The van der Waals surface area contributed by atoms with Crippen molar-refractivity contribution in [3.8, 4) is 17.0 Å². The Bertz CT molecular complexity index is 1610. The van der Waals surface area contributed by atoms with Crippen molar-refractivity contribution in [2.45, 2.75) is 10.1 Å². The van der Waals surface area contributed by atoms with Crippen molar-refractivity contribution in [1.82, 2.24) is 4.98 Å². The molecule has 0 fully saturated rings. The summed E-state index contributed by atoms with van der Waals surface area (Å²) in [6.45, 7) is 0. The first-order valence-electron chi connectivity index (χ1n) is 12.3. The fraction of sp³-hybridized carbons (Fsp3) is 0.0645. The number of rotatable bonds is 9. The van der Waals surface area contributed by atoms with Gasteiger partial charge in [0.25, 0.3) is 5.91 Å². The number of hydrogen-bond donors (Lipinski definition) is 2. The molecule has 0 aliphatic carbocycles. The first kappa shape index (κ1) is 27.1. The van der Waals surface area contributed by atoms with Crippen LogP contribution in [0.4, 0.5) is 15.2 Å². The van der Waals surface area contributed by atoms with Crippen LogP contribution < -0.4 is 15.4 Å². The number of thiazole rings is 1. The average molecular weight is 570 g/mol. The third-order valence-electron chi connectivity index (χ3n) is 5.91. The summed E-state index contributed by atoms with van der Waals surface area (Å²) in [6.07, 6.45) is 0. The number of carbonyl (C=O) groups is 2. The van der Waals surface area contributed by atoms with E-state index in [1.165, 1.54) is 47.4 Å². The standard InChI is InChI=1S/C31H24FN3O3S2/c1-38-25-16-12-20(13-17-25)27-19-39-31(34-27)35-30(37)28(21-6-3-2-4-7-21)40-26-9-5-8-24(18-26)33-29(36)22-10-14-23(32)15-11-22/h2-19,28H,1H3,(H,33,36)(H,34,35,37). The number of ether oxygens (including phenoxy) is 1. The van der Waals surface area contributed by atoms with Gasteiger partial charge in [-0.15, -0.1) is 23.1 Å². The normalized spacial score (nSPS) is 11.4. The number of benzene rings is 4. The minimum Gasteiger partial charge on any atom is -0.497 e. The van der Waals surface area contributed by atoms with Gasteiger partial charge in [-0.3, -0.25) is 9.59 Å². The van der Waals surface area contributed by atoms with Gasteiger partial charge in [-0.2, -0.15) is 0 Å². The van der Waals surface area contributed by atoms with E-state index < -0.39 is 11.1 Å². The predicted octanol–water partition coefficient (Wildman–Crippen LogP) is 7.68. The number of halogens is 1. The van der Waals surface area contributed by atoms with E-state index >= 15 is 0 Å². The highest BCUT2D eigenvalue weighted by Gasteiger charge is 2.23. The van der Waals surface area contributed by atoms with Crippen molar-refractivity contribution in [3.63, 3.8) is 0 Å². The molecule has 5 rings (SSSR count). The van der Waals surface area contributed by atoms with E-state index in [1.807, 2.05) is 72.1 Å². The van der Waals surface area contributed by atoms with Gasteiger partial charge in [0.05, 0.1) is 12.8 Å². The fourth-order valence-electron chi connectivity index (χ4n) is 3.88. The molecule has 2 N–H and O–H groups in total. The molecular formula is C31H24FN3O3S2. The lowest BCUT2D eigenvalue weighted by Crippen LogP contribution is -2.19. The Kier molecular flexibility index (Phi) is 8.53. The molecule has 4 aromatic carbocycles. The number of carbonyl (C=O) groups excluding carboxylic acids is 2. The zero-order valence-electron chi connectivity index (χ0n) is 21.3. The molecule has 0 bridgehead atoms. The highest BCUT2D eigenvalue weighted by molar-refractivity contribution is 8.00. The van der Waals surface area contributed by atoms with Crippen molar-refractivity contribution in [1.29, 1.82) is 0 Å². The average Bonchev–Trinajstić information content (AvgIpc) is 3.45. The molecule has 1 atom stereocenters. The molecule has 5 aromatic rings. The number of methoxy groups -OCH3 is 1. The summed E-state index contributed by atoms with van der Waals surface area (Å²) in [5.41, 5.74) is 3.43. The van der Waals surface area contributed by atoms with Crippen LogP contribution in [0, 0.1) is 5.82 Å². The Labute approximate surface area is 239 Å². The van der Waals surface area contributed by atoms with Crippen LogP contribution in [-0.2, 0) is 4.79 Å². The van der Waals surface area contributed by atoms with E-state index in [2.05, 4.69) is 15.6 Å². The Morgan fingerprint density at radius 3 is 2.38 bits per heavy atom. The smallest absolute Gasteiger partial charge is 0.255 e. The molecule has 0 aliphatic heterocycles. The molecule has 40 heavy (non-hydrogen) atoms. The van der Waals surface area contributed by atoms with Gasteiger partial charge < -0.3 is 15.4 Å². The zero-order valence-corrected chi connectivity index (χ0v) is 23.0. The van der Waals surface area contributed by atoms with Crippen LogP contribution in [0.2, 0.25) is 0 Å². The Morgan fingerprint density at radius 1 is 0.900 bits per heavy atom. The lowest BCUT2D eigenvalue weighted by molar-refractivity contribution is -0.115. The van der Waals surface area contributed by atoms with Crippen molar-refractivity contribution in [2.75, 3.05) is 17.7 Å². The topological polar surface area (TPSA) is 80.3 Å². The van der Waals surface area contributed by atoms with Gasteiger partial charge in [-0.1, -0.05) is 36.4 Å². The van der Waals surface area contributed by atoms with Crippen LogP contribution in [0.25, 0.3) is 11.3 Å². The van der Waals surface area contributed by atoms with E-state index in [4.69, 9.17) is 4.74 Å². The van der Waals surface area contributed by atoms with E-state index in [9.17, 15) is 14.0 Å². The number of hydrogen-bond acceptors (Lipinski definition) is 6. The monoisotopic (exact) mass is 569 g/mol. The summed E-state index contributed by atoms with van der Waals surface area (Å²) in [4.78, 5) is 31.5. The first-order chi connectivity index (χ1) is 19.5. The number of nitrogens with zero attached hydrogens (tertiary/aromatic N) is 1. The molecule has 0 saturated carbocycles. The molecule has 1 heterocycles. The Morgan fingerprint density at radius 2 is 1.65 bits per heavy atom. The second-order valence-corrected chi connectivity index (χ2v) is 10.7. The van der Waals surface area contributed by atoms with Crippen LogP contribution >= 0.6 is 23.1 Å². The summed E-state index contributed by atoms with van der Waals surface area (Å²) in [5, 5.41) is 7.63.